The molecule has 4 atom stereocenters. The summed E-state index contributed by atoms with van der Waals surface area (Å²) in [5.41, 5.74) is 2.94. The van der Waals surface area contributed by atoms with Crippen LogP contribution in [0.1, 0.15) is 79.4 Å². The summed E-state index contributed by atoms with van der Waals surface area (Å²) in [5, 5.41) is 10.9. The van der Waals surface area contributed by atoms with E-state index in [1.165, 1.54) is 0 Å². The van der Waals surface area contributed by atoms with Crippen molar-refractivity contribution in [1.29, 1.82) is 5.26 Å². The maximum Gasteiger partial charge on any atom is 0.259 e. The summed E-state index contributed by atoms with van der Waals surface area (Å²) in [4.78, 5) is 23.4. The van der Waals surface area contributed by atoms with Crippen molar-refractivity contribution in [2.24, 2.45) is 0 Å². The number of pyridine rings is 2. The Morgan fingerprint density at radius 1 is 1.12 bits per heavy atom. The third kappa shape index (κ3) is 7.07. The highest BCUT2D eigenvalue weighted by molar-refractivity contribution is 7.44. The fourth-order valence-corrected chi connectivity index (χ4v) is 7.38. The maximum atomic E-state index is 13.3. The van der Waals surface area contributed by atoms with E-state index in [1.807, 2.05) is 6.07 Å². The highest BCUT2D eigenvalue weighted by Crippen LogP contribution is 2.50. The molecule has 0 aliphatic carbocycles. The fourth-order valence-electron chi connectivity index (χ4n) is 5.62. The molecule has 0 amide bonds. The molecule has 2 aromatic heterocycles. The molecule has 1 aromatic carbocycles. The molecule has 3 heterocycles. The van der Waals surface area contributed by atoms with Crippen LogP contribution in [-0.4, -0.2) is 58.6 Å². The highest BCUT2D eigenvalue weighted by atomic mass is 31.2. The first-order valence-electron chi connectivity index (χ1n) is 14.8. The van der Waals surface area contributed by atoms with Gasteiger partial charge in [0.05, 0.1) is 42.9 Å². The van der Waals surface area contributed by atoms with Crippen molar-refractivity contribution >= 4 is 36.1 Å². The molecular formula is C31H44N5O4P. The lowest BCUT2D eigenvalue weighted by Gasteiger charge is -2.37. The van der Waals surface area contributed by atoms with Gasteiger partial charge >= 0.3 is 0 Å². The second-order valence-electron chi connectivity index (χ2n) is 11.0. The Morgan fingerprint density at radius 2 is 1.85 bits per heavy atom. The molecule has 0 radical (unpaired) electrons. The van der Waals surface area contributed by atoms with E-state index in [1.54, 1.807) is 0 Å². The molecule has 9 nitrogen and oxygen atoms in total. The first-order chi connectivity index (χ1) is 19.7. The number of hydrogen-bond acceptors (Lipinski definition) is 8. The van der Waals surface area contributed by atoms with Crippen LogP contribution in [0.3, 0.4) is 0 Å². The normalized spacial score (nSPS) is 20.0. The Bertz CT molecular complexity index is 1410. The maximum absolute atomic E-state index is 13.3. The highest BCUT2D eigenvalue weighted by Gasteiger charge is 2.41. The summed E-state index contributed by atoms with van der Waals surface area (Å²) >= 11 is 0. The molecule has 1 N–H and O–H groups in total. The van der Waals surface area contributed by atoms with Crippen LogP contribution < -0.4 is 10.5 Å². The van der Waals surface area contributed by atoms with Crippen LogP contribution in [-0.2, 0) is 13.8 Å². The standard InChI is InChI=1S/C31H44N5O4P/c1-8-27-29(40-41(38-15-11-14-32)36(20(4)5)21(6)7)19-28(39-27)25-17-23-16-22-12-13-24(35(9-2)10-3)18-26(22)33-30(23)34-31(25)37/h12-13,16-18,20-21,27-29H,8-11,15,19H2,1-7H3,(H,33,34,37)/t27-,28-,29-,41?/m1/s1. The summed E-state index contributed by atoms with van der Waals surface area (Å²) in [6.07, 6.45) is 0.792. The number of aromatic amines is 1. The third-order valence-corrected chi connectivity index (χ3v) is 9.76. The predicted molar refractivity (Wildman–Crippen MR) is 166 cm³/mol. The minimum Gasteiger partial charge on any atom is -0.372 e. The van der Waals surface area contributed by atoms with Crippen LogP contribution in [0, 0.1) is 11.3 Å². The Labute approximate surface area is 244 Å². The van der Waals surface area contributed by atoms with Gasteiger partial charge in [0.25, 0.3) is 14.1 Å². The number of anilines is 1. The van der Waals surface area contributed by atoms with Gasteiger partial charge in [-0.25, -0.2) is 9.65 Å². The van der Waals surface area contributed by atoms with Crippen LogP contribution in [0.4, 0.5) is 5.69 Å². The van der Waals surface area contributed by atoms with E-state index in [-0.39, 0.29) is 29.9 Å². The molecular weight excluding hydrogens is 537 g/mol. The van der Waals surface area contributed by atoms with Crippen LogP contribution in [0.2, 0.25) is 0 Å². The monoisotopic (exact) mass is 581 g/mol. The van der Waals surface area contributed by atoms with Crippen LogP contribution in [0.25, 0.3) is 21.9 Å². The van der Waals surface area contributed by atoms with Gasteiger partial charge in [-0.05, 0) is 72.2 Å². The Balaban J connectivity index is 1.61. The number of nitrogens with zero attached hydrogens (tertiary/aromatic N) is 4. The Hall–Kier alpha value is -2.60. The number of rotatable bonds is 13. The Kier molecular flexibility index (Phi) is 10.7. The largest absolute Gasteiger partial charge is 0.372 e. The molecule has 41 heavy (non-hydrogen) atoms. The molecule has 1 saturated heterocycles. The van der Waals surface area contributed by atoms with E-state index in [4.69, 9.17) is 24.0 Å². The van der Waals surface area contributed by atoms with Crippen molar-refractivity contribution in [1.82, 2.24) is 14.6 Å². The average Bonchev–Trinajstić information content (AvgIpc) is 3.34. The zero-order valence-corrected chi connectivity index (χ0v) is 26.3. The molecule has 1 unspecified atom stereocenters. The van der Waals surface area contributed by atoms with E-state index in [0.717, 1.165) is 41.5 Å². The average molecular weight is 582 g/mol. The molecule has 1 aliphatic heterocycles. The SMILES string of the molecule is CC[C@H]1O[C@@H](c2cc3cc4ccc(N(CC)CC)cc4nc3[nH]c2=O)C[C@H]1OP(OCCC#N)N(C(C)C)C(C)C. The molecule has 0 saturated carbocycles. The lowest BCUT2D eigenvalue weighted by atomic mass is 10.0. The van der Waals surface area contributed by atoms with Crippen molar-refractivity contribution in [3.05, 3.63) is 46.2 Å². The van der Waals surface area contributed by atoms with Crippen LogP contribution >= 0.6 is 8.53 Å². The number of nitrogens with one attached hydrogen (secondary N) is 1. The lowest BCUT2D eigenvalue weighted by Crippen LogP contribution is -2.35. The van der Waals surface area contributed by atoms with Gasteiger partial charge in [0.15, 0.2) is 0 Å². The number of H-pyrrole nitrogens is 1. The Morgan fingerprint density at radius 3 is 2.49 bits per heavy atom. The summed E-state index contributed by atoms with van der Waals surface area (Å²) in [6.45, 7) is 17.0. The summed E-state index contributed by atoms with van der Waals surface area (Å²) in [7, 11) is -1.41. The van der Waals surface area contributed by atoms with E-state index in [0.29, 0.717) is 30.7 Å². The molecule has 10 heteroatoms. The molecule has 222 valence electrons. The number of nitriles is 1. The second kappa shape index (κ2) is 14.0. The van der Waals surface area contributed by atoms with Crippen molar-refractivity contribution in [2.75, 3.05) is 24.6 Å². The number of fused-ring (bicyclic) bond motifs is 2. The van der Waals surface area contributed by atoms with Crippen molar-refractivity contribution in [3.63, 3.8) is 0 Å². The van der Waals surface area contributed by atoms with E-state index in [2.05, 4.69) is 93.4 Å². The topological polar surface area (TPSA) is 104 Å². The van der Waals surface area contributed by atoms with Gasteiger partial charge in [0.2, 0.25) is 0 Å². The van der Waals surface area contributed by atoms with E-state index < -0.39 is 14.6 Å². The third-order valence-electron chi connectivity index (χ3n) is 7.60. The zero-order valence-electron chi connectivity index (χ0n) is 25.4. The van der Waals surface area contributed by atoms with Crippen molar-refractivity contribution < 1.29 is 13.8 Å². The molecule has 1 aliphatic rings. The lowest BCUT2D eigenvalue weighted by molar-refractivity contribution is 0.00923. The first-order valence-corrected chi connectivity index (χ1v) is 16.0. The van der Waals surface area contributed by atoms with Gasteiger partial charge in [0, 0.05) is 53.6 Å². The molecule has 0 bridgehead atoms. The molecule has 4 rings (SSSR count). The van der Waals surface area contributed by atoms with Crippen LogP contribution in [0.5, 0.6) is 0 Å². The van der Waals surface area contributed by atoms with E-state index in [9.17, 15) is 4.79 Å². The second-order valence-corrected chi connectivity index (χ2v) is 12.4. The smallest absolute Gasteiger partial charge is 0.259 e. The molecule has 1 fully saturated rings. The van der Waals surface area contributed by atoms with Gasteiger partial charge in [-0.1, -0.05) is 13.0 Å². The number of aromatic nitrogens is 2. The summed E-state index contributed by atoms with van der Waals surface area (Å²) < 4.78 is 21.4. The van der Waals surface area contributed by atoms with Crippen LogP contribution in [0.15, 0.2) is 35.1 Å². The first kappa shape index (κ1) is 31.3. The minimum atomic E-state index is -1.41. The van der Waals surface area contributed by atoms with Gasteiger partial charge < -0.3 is 23.7 Å². The van der Waals surface area contributed by atoms with Gasteiger partial charge in [-0.3, -0.25) is 4.79 Å². The summed E-state index contributed by atoms with van der Waals surface area (Å²) in [5.74, 6) is 0. The van der Waals surface area contributed by atoms with Gasteiger partial charge in [0.1, 0.15) is 5.65 Å². The summed E-state index contributed by atoms with van der Waals surface area (Å²) in [6, 6.07) is 12.8. The van der Waals surface area contributed by atoms with Gasteiger partial charge in [-0.15, -0.1) is 0 Å². The molecule has 0 spiro atoms. The number of hydrogen-bond donors (Lipinski definition) is 1. The van der Waals surface area contributed by atoms with Gasteiger partial charge in [-0.2, -0.15) is 5.26 Å². The zero-order chi connectivity index (χ0) is 29.7. The van der Waals surface area contributed by atoms with Crippen molar-refractivity contribution in [2.45, 2.75) is 98.1 Å². The number of ether oxygens (including phenoxy) is 1. The molecule has 3 aromatic rings. The van der Waals surface area contributed by atoms with E-state index >= 15 is 0 Å². The predicted octanol–water partition coefficient (Wildman–Crippen LogP) is 6.82. The number of benzene rings is 1. The minimum absolute atomic E-state index is 0.172. The fraction of sp³-hybridized carbons (Fsp3) is 0.581. The van der Waals surface area contributed by atoms with Crippen molar-refractivity contribution in [3.8, 4) is 6.07 Å². The quantitative estimate of drug-likeness (QED) is 0.133.